The molecule has 1 aromatic rings. The second kappa shape index (κ2) is 3.39. The van der Waals surface area contributed by atoms with Crippen LogP contribution < -0.4 is 0 Å². The van der Waals surface area contributed by atoms with Crippen LogP contribution in [0.25, 0.3) is 6.08 Å². The van der Waals surface area contributed by atoms with E-state index in [4.69, 9.17) is 4.42 Å². The van der Waals surface area contributed by atoms with Crippen molar-refractivity contribution >= 4 is 6.08 Å². The standard InChI is InChI=1S/C10H13NO/c1-5-7(2)6-10-8(3)11-9(4)12-10/h5-6H,1H2,2-4H3/b7-6-. The van der Waals surface area contributed by atoms with Gasteiger partial charge in [-0.1, -0.05) is 12.7 Å². The highest BCUT2D eigenvalue weighted by atomic mass is 16.4. The average Bonchev–Trinajstić information content (AvgIpc) is 2.30. The topological polar surface area (TPSA) is 26.0 Å². The normalized spacial score (nSPS) is 11.8. The zero-order valence-electron chi connectivity index (χ0n) is 7.72. The molecule has 0 radical (unpaired) electrons. The van der Waals surface area contributed by atoms with Crippen molar-refractivity contribution in [3.05, 3.63) is 35.6 Å². The third-order valence-corrected chi connectivity index (χ3v) is 1.62. The number of rotatable bonds is 2. The molecule has 0 aliphatic rings. The summed E-state index contributed by atoms with van der Waals surface area (Å²) in [5.41, 5.74) is 2.00. The van der Waals surface area contributed by atoms with Gasteiger partial charge in [0.05, 0.1) is 5.69 Å². The number of nitrogens with zero attached hydrogens (tertiary/aromatic N) is 1. The van der Waals surface area contributed by atoms with Crippen LogP contribution in [-0.4, -0.2) is 4.98 Å². The van der Waals surface area contributed by atoms with Gasteiger partial charge in [-0.05, 0) is 25.5 Å². The minimum Gasteiger partial charge on any atom is -0.441 e. The minimum atomic E-state index is 0.704. The molecule has 0 aromatic carbocycles. The second-order valence-corrected chi connectivity index (χ2v) is 2.78. The zero-order valence-corrected chi connectivity index (χ0v) is 7.72. The van der Waals surface area contributed by atoms with Crippen molar-refractivity contribution in [1.29, 1.82) is 0 Å². The van der Waals surface area contributed by atoms with Crippen molar-refractivity contribution in [3.8, 4) is 0 Å². The van der Waals surface area contributed by atoms with Crippen LogP contribution >= 0.6 is 0 Å². The van der Waals surface area contributed by atoms with E-state index < -0.39 is 0 Å². The van der Waals surface area contributed by atoms with Crippen LogP contribution in [0.2, 0.25) is 0 Å². The molecule has 0 fully saturated rings. The Hall–Kier alpha value is -1.31. The number of oxazole rings is 1. The fraction of sp³-hybridized carbons (Fsp3) is 0.300. The highest BCUT2D eigenvalue weighted by Crippen LogP contribution is 2.13. The van der Waals surface area contributed by atoms with Gasteiger partial charge in [-0.3, -0.25) is 0 Å². The second-order valence-electron chi connectivity index (χ2n) is 2.78. The summed E-state index contributed by atoms with van der Waals surface area (Å²) in [5.74, 6) is 1.53. The van der Waals surface area contributed by atoms with Crippen molar-refractivity contribution in [3.63, 3.8) is 0 Å². The number of aryl methyl sites for hydroxylation is 2. The first-order valence-electron chi connectivity index (χ1n) is 3.88. The molecule has 0 amide bonds. The smallest absolute Gasteiger partial charge is 0.191 e. The molecule has 0 saturated carbocycles. The molecule has 0 aliphatic carbocycles. The van der Waals surface area contributed by atoms with Crippen molar-refractivity contribution in [1.82, 2.24) is 4.98 Å². The predicted molar refractivity (Wildman–Crippen MR) is 49.8 cm³/mol. The van der Waals surface area contributed by atoms with Crippen molar-refractivity contribution in [2.24, 2.45) is 0 Å². The van der Waals surface area contributed by atoms with E-state index in [1.54, 1.807) is 6.08 Å². The fourth-order valence-electron chi connectivity index (χ4n) is 0.947. The Morgan fingerprint density at radius 2 is 2.17 bits per heavy atom. The van der Waals surface area contributed by atoms with E-state index in [0.717, 1.165) is 17.0 Å². The molecular formula is C10H13NO. The summed E-state index contributed by atoms with van der Waals surface area (Å²) in [6.45, 7) is 9.41. The van der Waals surface area contributed by atoms with Gasteiger partial charge in [0.1, 0.15) is 0 Å². The maximum atomic E-state index is 5.35. The summed E-state index contributed by atoms with van der Waals surface area (Å²) < 4.78 is 5.35. The van der Waals surface area contributed by atoms with Crippen molar-refractivity contribution < 1.29 is 4.42 Å². The van der Waals surface area contributed by atoms with Gasteiger partial charge in [-0.25, -0.2) is 4.98 Å². The summed E-state index contributed by atoms with van der Waals surface area (Å²) in [5, 5.41) is 0. The quantitative estimate of drug-likeness (QED) is 0.626. The van der Waals surface area contributed by atoms with Gasteiger partial charge in [-0.2, -0.15) is 0 Å². The minimum absolute atomic E-state index is 0.704. The monoisotopic (exact) mass is 163 g/mol. The summed E-state index contributed by atoms with van der Waals surface area (Å²) in [6, 6.07) is 0. The molecule has 0 aliphatic heterocycles. The van der Waals surface area contributed by atoms with E-state index in [1.165, 1.54) is 0 Å². The Balaban J connectivity index is 3.03. The molecule has 0 bridgehead atoms. The maximum Gasteiger partial charge on any atom is 0.191 e. The molecule has 2 nitrogen and oxygen atoms in total. The van der Waals surface area contributed by atoms with Crippen LogP contribution in [0.3, 0.4) is 0 Å². The summed E-state index contributed by atoms with van der Waals surface area (Å²) >= 11 is 0. The lowest BCUT2D eigenvalue weighted by Crippen LogP contribution is -1.75. The Morgan fingerprint density at radius 1 is 1.50 bits per heavy atom. The highest BCUT2D eigenvalue weighted by molar-refractivity contribution is 5.51. The van der Waals surface area contributed by atoms with Gasteiger partial charge in [0.25, 0.3) is 0 Å². The number of aromatic nitrogens is 1. The number of hydrogen-bond donors (Lipinski definition) is 0. The molecule has 1 heterocycles. The Bertz CT molecular complexity index is 321. The molecule has 0 spiro atoms. The molecule has 0 saturated heterocycles. The van der Waals surface area contributed by atoms with Crippen molar-refractivity contribution in [2.75, 3.05) is 0 Å². The van der Waals surface area contributed by atoms with E-state index >= 15 is 0 Å². The molecule has 1 rings (SSSR count). The lowest BCUT2D eigenvalue weighted by atomic mass is 10.2. The maximum absolute atomic E-state index is 5.35. The third kappa shape index (κ3) is 1.84. The largest absolute Gasteiger partial charge is 0.441 e. The predicted octanol–water partition coefficient (Wildman–Crippen LogP) is 2.88. The average molecular weight is 163 g/mol. The first-order chi connectivity index (χ1) is 5.63. The Morgan fingerprint density at radius 3 is 2.58 bits per heavy atom. The van der Waals surface area contributed by atoms with E-state index in [-0.39, 0.29) is 0 Å². The molecule has 12 heavy (non-hydrogen) atoms. The van der Waals surface area contributed by atoms with Crippen LogP contribution in [0.15, 0.2) is 22.6 Å². The summed E-state index contributed by atoms with van der Waals surface area (Å²) in [4.78, 5) is 4.15. The number of allylic oxidation sites excluding steroid dienone is 2. The molecule has 0 N–H and O–H groups in total. The fourth-order valence-corrected chi connectivity index (χ4v) is 0.947. The highest BCUT2D eigenvalue weighted by Gasteiger charge is 2.02. The summed E-state index contributed by atoms with van der Waals surface area (Å²) in [7, 11) is 0. The van der Waals surface area contributed by atoms with Crippen LogP contribution in [0.1, 0.15) is 24.3 Å². The van der Waals surface area contributed by atoms with Gasteiger partial charge < -0.3 is 4.42 Å². The first-order valence-corrected chi connectivity index (χ1v) is 3.88. The SMILES string of the molecule is C=C/C(C)=C\c1oc(C)nc1C. The molecule has 1 aromatic heterocycles. The van der Waals surface area contributed by atoms with Crippen LogP contribution in [-0.2, 0) is 0 Å². The van der Waals surface area contributed by atoms with Crippen molar-refractivity contribution in [2.45, 2.75) is 20.8 Å². The lowest BCUT2D eigenvalue weighted by Gasteiger charge is -1.89. The number of hydrogen-bond acceptors (Lipinski definition) is 2. The molecular weight excluding hydrogens is 150 g/mol. The van der Waals surface area contributed by atoms with E-state index in [2.05, 4.69) is 11.6 Å². The molecule has 0 atom stereocenters. The Kier molecular flexibility index (Phi) is 2.48. The molecule has 64 valence electrons. The van der Waals surface area contributed by atoms with E-state index in [1.807, 2.05) is 26.8 Å². The van der Waals surface area contributed by atoms with Gasteiger partial charge in [0.2, 0.25) is 0 Å². The van der Waals surface area contributed by atoms with Gasteiger partial charge in [0, 0.05) is 6.92 Å². The summed E-state index contributed by atoms with van der Waals surface area (Å²) in [6.07, 6.45) is 3.72. The van der Waals surface area contributed by atoms with Gasteiger partial charge in [-0.15, -0.1) is 0 Å². The van der Waals surface area contributed by atoms with Gasteiger partial charge in [0.15, 0.2) is 11.7 Å². The third-order valence-electron chi connectivity index (χ3n) is 1.62. The van der Waals surface area contributed by atoms with E-state index in [9.17, 15) is 0 Å². The first kappa shape index (κ1) is 8.78. The van der Waals surface area contributed by atoms with Crippen LogP contribution in [0.5, 0.6) is 0 Å². The Labute approximate surface area is 72.6 Å². The zero-order chi connectivity index (χ0) is 9.14. The molecule has 2 heteroatoms. The van der Waals surface area contributed by atoms with Crippen LogP contribution in [0.4, 0.5) is 0 Å². The lowest BCUT2D eigenvalue weighted by molar-refractivity contribution is 0.512. The van der Waals surface area contributed by atoms with E-state index in [0.29, 0.717) is 5.89 Å². The van der Waals surface area contributed by atoms with Gasteiger partial charge >= 0.3 is 0 Å². The van der Waals surface area contributed by atoms with Crippen LogP contribution in [0, 0.1) is 13.8 Å². The molecule has 0 unspecified atom stereocenters.